The summed E-state index contributed by atoms with van der Waals surface area (Å²) in [6.07, 6.45) is 1.25. The molecule has 1 aliphatic rings. The summed E-state index contributed by atoms with van der Waals surface area (Å²) in [5, 5.41) is 10.9. The second-order valence-electron chi connectivity index (χ2n) is 6.20. The summed E-state index contributed by atoms with van der Waals surface area (Å²) >= 11 is 0.364. The van der Waals surface area contributed by atoms with Crippen LogP contribution < -0.4 is 4.90 Å². The zero-order chi connectivity index (χ0) is 21.0. The summed E-state index contributed by atoms with van der Waals surface area (Å²) in [5.74, 6) is -3.75. The third-order valence-electron chi connectivity index (χ3n) is 4.34. The van der Waals surface area contributed by atoms with Crippen molar-refractivity contribution >= 4 is 35.0 Å². The molecule has 0 bridgehead atoms. The SMILES string of the molecule is O=C(OCC(=O)N1CCCc2cc([N+](=O)[O-])ccc21)c1ccc(SC(F)F)cc1. The van der Waals surface area contributed by atoms with Crippen molar-refractivity contribution < 1.29 is 28.0 Å². The van der Waals surface area contributed by atoms with Crippen LogP contribution in [0.2, 0.25) is 0 Å². The van der Waals surface area contributed by atoms with Gasteiger partial charge in [-0.1, -0.05) is 11.8 Å². The standard InChI is InChI=1S/C19H16F2N2O5S/c20-19(21)29-15-6-3-12(4-7-15)18(25)28-11-17(24)22-9-1-2-13-10-14(23(26)27)5-8-16(13)22/h3-8,10,19H,1-2,9,11H2. The lowest BCUT2D eigenvalue weighted by Gasteiger charge is -2.29. The van der Waals surface area contributed by atoms with Gasteiger partial charge in [-0.25, -0.2) is 4.79 Å². The number of nitro groups is 1. The lowest BCUT2D eigenvalue weighted by molar-refractivity contribution is -0.384. The second kappa shape index (κ2) is 8.99. The first-order chi connectivity index (χ1) is 13.8. The Bertz CT molecular complexity index is 937. The van der Waals surface area contributed by atoms with Crippen LogP contribution in [0.3, 0.4) is 0 Å². The fourth-order valence-corrected chi connectivity index (χ4v) is 3.52. The fourth-order valence-electron chi connectivity index (χ4n) is 3.02. The van der Waals surface area contributed by atoms with E-state index in [1.807, 2.05) is 0 Å². The number of amides is 1. The van der Waals surface area contributed by atoms with E-state index in [1.54, 1.807) is 0 Å². The number of carbonyl (C=O) groups excluding carboxylic acids is 2. The van der Waals surface area contributed by atoms with E-state index >= 15 is 0 Å². The topological polar surface area (TPSA) is 89.8 Å². The van der Waals surface area contributed by atoms with Crippen LogP contribution in [0.15, 0.2) is 47.4 Å². The Kier molecular flexibility index (Phi) is 6.42. The molecule has 1 amide bonds. The maximum Gasteiger partial charge on any atom is 0.338 e. The Balaban J connectivity index is 1.63. The molecule has 0 unspecified atom stereocenters. The Hall–Kier alpha value is -3.01. The second-order valence-corrected chi connectivity index (χ2v) is 7.26. The molecule has 2 aromatic rings. The molecular formula is C19H16F2N2O5S. The molecule has 7 nitrogen and oxygen atoms in total. The van der Waals surface area contributed by atoms with Crippen LogP contribution in [0.25, 0.3) is 0 Å². The molecule has 152 valence electrons. The van der Waals surface area contributed by atoms with Crippen LogP contribution in [0, 0.1) is 10.1 Å². The van der Waals surface area contributed by atoms with E-state index in [1.165, 1.54) is 47.4 Å². The van der Waals surface area contributed by atoms with E-state index in [0.29, 0.717) is 47.3 Å². The molecule has 0 atom stereocenters. The number of anilines is 1. The quantitative estimate of drug-likeness (QED) is 0.302. The molecule has 3 rings (SSSR count). The minimum absolute atomic E-state index is 0.0436. The first kappa shape index (κ1) is 20.7. The van der Waals surface area contributed by atoms with Gasteiger partial charge in [-0.2, -0.15) is 8.78 Å². The minimum atomic E-state index is -2.56. The molecule has 0 saturated carbocycles. The van der Waals surface area contributed by atoms with Gasteiger partial charge in [-0.15, -0.1) is 0 Å². The maximum atomic E-state index is 12.5. The summed E-state index contributed by atoms with van der Waals surface area (Å²) in [7, 11) is 0. The summed E-state index contributed by atoms with van der Waals surface area (Å²) in [6, 6.07) is 9.76. The van der Waals surface area contributed by atoms with Crippen molar-refractivity contribution in [3.63, 3.8) is 0 Å². The van der Waals surface area contributed by atoms with Crippen molar-refractivity contribution in [1.29, 1.82) is 0 Å². The number of benzene rings is 2. The van der Waals surface area contributed by atoms with Crippen LogP contribution in [0.4, 0.5) is 20.2 Å². The molecule has 0 radical (unpaired) electrons. The van der Waals surface area contributed by atoms with E-state index in [0.717, 1.165) is 0 Å². The van der Waals surface area contributed by atoms with E-state index in [-0.39, 0.29) is 11.3 Å². The molecule has 0 aliphatic carbocycles. The summed E-state index contributed by atoms with van der Waals surface area (Å²) in [4.78, 5) is 36.8. The van der Waals surface area contributed by atoms with Gasteiger partial charge in [0.15, 0.2) is 6.61 Å². The van der Waals surface area contributed by atoms with Gasteiger partial charge in [-0.3, -0.25) is 14.9 Å². The van der Waals surface area contributed by atoms with Crippen molar-refractivity contribution in [2.24, 2.45) is 0 Å². The predicted molar refractivity (Wildman–Crippen MR) is 102 cm³/mol. The molecule has 10 heteroatoms. The average molecular weight is 422 g/mol. The Labute approximate surface area is 168 Å². The van der Waals surface area contributed by atoms with Crippen LogP contribution in [-0.4, -0.2) is 35.7 Å². The highest BCUT2D eigenvalue weighted by molar-refractivity contribution is 7.99. The number of nitrogens with zero attached hydrogens (tertiary/aromatic N) is 2. The Morgan fingerprint density at radius 3 is 2.59 bits per heavy atom. The number of hydrogen-bond acceptors (Lipinski definition) is 6. The van der Waals surface area contributed by atoms with E-state index in [4.69, 9.17) is 4.74 Å². The summed E-state index contributed by atoms with van der Waals surface area (Å²) in [6.45, 7) is -0.0798. The van der Waals surface area contributed by atoms with Crippen LogP contribution in [-0.2, 0) is 16.0 Å². The van der Waals surface area contributed by atoms with Crippen molar-refractivity contribution in [1.82, 2.24) is 0 Å². The number of esters is 1. The van der Waals surface area contributed by atoms with Crippen LogP contribution >= 0.6 is 11.8 Å². The highest BCUT2D eigenvalue weighted by atomic mass is 32.2. The number of non-ortho nitro benzene ring substituents is 1. The average Bonchev–Trinajstić information content (AvgIpc) is 2.71. The monoisotopic (exact) mass is 422 g/mol. The van der Waals surface area contributed by atoms with Gasteiger partial charge in [0, 0.05) is 29.3 Å². The van der Waals surface area contributed by atoms with Gasteiger partial charge >= 0.3 is 5.97 Å². The molecular weight excluding hydrogens is 406 g/mol. The largest absolute Gasteiger partial charge is 0.452 e. The number of halogens is 2. The van der Waals surface area contributed by atoms with E-state index < -0.39 is 29.2 Å². The highest BCUT2D eigenvalue weighted by Crippen LogP contribution is 2.30. The van der Waals surface area contributed by atoms with Crippen LogP contribution in [0.1, 0.15) is 22.3 Å². The van der Waals surface area contributed by atoms with Gasteiger partial charge in [0.05, 0.1) is 10.5 Å². The molecule has 0 saturated heterocycles. The van der Waals surface area contributed by atoms with Gasteiger partial charge in [0.1, 0.15) is 0 Å². The number of ether oxygens (including phenoxy) is 1. The third-order valence-corrected chi connectivity index (χ3v) is 5.06. The Morgan fingerprint density at radius 1 is 1.21 bits per heavy atom. The Morgan fingerprint density at radius 2 is 1.93 bits per heavy atom. The number of aryl methyl sites for hydroxylation is 1. The van der Waals surface area contributed by atoms with Crippen molar-refractivity contribution in [2.45, 2.75) is 23.5 Å². The molecule has 1 aliphatic heterocycles. The molecule has 1 heterocycles. The van der Waals surface area contributed by atoms with Crippen LogP contribution in [0.5, 0.6) is 0 Å². The highest BCUT2D eigenvalue weighted by Gasteiger charge is 2.25. The summed E-state index contributed by atoms with van der Waals surface area (Å²) < 4.78 is 29.7. The molecule has 29 heavy (non-hydrogen) atoms. The molecule has 0 N–H and O–H groups in total. The molecule has 2 aromatic carbocycles. The van der Waals surface area contributed by atoms with E-state index in [9.17, 15) is 28.5 Å². The lowest BCUT2D eigenvalue weighted by atomic mass is 10.0. The number of alkyl halides is 2. The maximum absolute atomic E-state index is 12.5. The van der Waals surface area contributed by atoms with Crippen molar-refractivity contribution in [2.75, 3.05) is 18.1 Å². The van der Waals surface area contributed by atoms with E-state index in [2.05, 4.69) is 0 Å². The zero-order valence-corrected chi connectivity index (χ0v) is 15.9. The number of carbonyl (C=O) groups is 2. The van der Waals surface area contributed by atoms with Crippen molar-refractivity contribution in [3.8, 4) is 0 Å². The first-order valence-corrected chi connectivity index (χ1v) is 9.53. The predicted octanol–water partition coefficient (Wildman–Crippen LogP) is 4.05. The number of thioether (sulfide) groups is 1. The zero-order valence-electron chi connectivity index (χ0n) is 15.0. The summed E-state index contributed by atoms with van der Waals surface area (Å²) in [5.41, 5.74) is 1.36. The lowest BCUT2D eigenvalue weighted by Crippen LogP contribution is -2.38. The van der Waals surface area contributed by atoms with Gasteiger partial charge in [0.2, 0.25) is 0 Å². The normalized spacial score (nSPS) is 13.1. The van der Waals surface area contributed by atoms with Gasteiger partial charge < -0.3 is 9.64 Å². The van der Waals surface area contributed by atoms with Gasteiger partial charge in [0.25, 0.3) is 17.4 Å². The fraction of sp³-hybridized carbons (Fsp3) is 0.263. The third kappa shape index (κ3) is 5.08. The number of hydrogen-bond donors (Lipinski definition) is 0. The number of fused-ring (bicyclic) bond motifs is 1. The molecule has 0 spiro atoms. The smallest absolute Gasteiger partial charge is 0.338 e. The number of rotatable bonds is 6. The number of nitro benzene ring substituents is 1. The van der Waals surface area contributed by atoms with Gasteiger partial charge in [-0.05, 0) is 48.7 Å². The molecule has 0 fully saturated rings. The molecule has 0 aromatic heterocycles. The van der Waals surface area contributed by atoms with Crippen molar-refractivity contribution in [3.05, 3.63) is 63.7 Å². The first-order valence-electron chi connectivity index (χ1n) is 8.65. The minimum Gasteiger partial charge on any atom is -0.452 e.